The van der Waals surface area contributed by atoms with Gasteiger partial charge in [-0.1, -0.05) is 0 Å². The summed E-state index contributed by atoms with van der Waals surface area (Å²) in [5, 5.41) is 0. The van der Waals surface area contributed by atoms with Crippen molar-refractivity contribution in [2.75, 3.05) is 0 Å². The molecular formula is C10H10ClSm-3. The topological polar surface area (TPSA) is 0 Å². The maximum absolute atomic E-state index is 2.99. The van der Waals surface area contributed by atoms with Crippen molar-refractivity contribution in [1.29, 1.82) is 0 Å². The van der Waals surface area contributed by atoms with Crippen LogP contribution in [-0.2, 0) is 0 Å². The van der Waals surface area contributed by atoms with Gasteiger partial charge in [-0.25, -0.2) is 24.3 Å². The summed E-state index contributed by atoms with van der Waals surface area (Å²) in [4.78, 5) is 0. The van der Waals surface area contributed by atoms with E-state index in [1.807, 2.05) is 24.3 Å². The van der Waals surface area contributed by atoms with Gasteiger partial charge in [0.1, 0.15) is 0 Å². The Hall–Kier alpha value is 0.588. The fraction of sp³-hybridized carbons (Fsp3) is 0.200. The molecule has 0 atom stereocenters. The minimum atomic E-state index is 0. The van der Waals surface area contributed by atoms with Crippen LogP contribution >= 0.6 is 0 Å². The van der Waals surface area contributed by atoms with Crippen LogP contribution in [0.15, 0.2) is 36.5 Å². The second-order valence-corrected chi connectivity index (χ2v) is 2.01. The standard InChI is InChI=1S/2C5H5.ClH.Sm/c2*1-2-4-5-3-1;;/h2*1-3H,4H2;1H;/q2*-1;;/p-1. The Morgan fingerprint density at radius 3 is 1.33 bits per heavy atom. The van der Waals surface area contributed by atoms with Gasteiger partial charge in [0.2, 0.25) is 0 Å². The van der Waals surface area contributed by atoms with Crippen molar-refractivity contribution in [3.63, 3.8) is 0 Å². The fourth-order valence-corrected chi connectivity index (χ4v) is 0.680. The smallest absolute Gasteiger partial charge is 0 e. The molecule has 2 rings (SSSR count). The molecule has 0 saturated heterocycles. The summed E-state index contributed by atoms with van der Waals surface area (Å²) in [5.41, 5.74) is 0. The molecule has 2 aliphatic carbocycles. The van der Waals surface area contributed by atoms with Crippen molar-refractivity contribution in [3.8, 4) is 0 Å². The first-order valence-electron chi connectivity index (χ1n) is 3.43. The van der Waals surface area contributed by atoms with E-state index in [0.717, 1.165) is 12.8 Å². The van der Waals surface area contributed by atoms with Crippen LogP contribution in [0.4, 0.5) is 0 Å². The summed E-state index contributed by atoms with van der Waals surface area (Å²) in [7, 11) is 0. The van der Waals surface area contributed by atoms with E-state index < -0.39 is 0 Å². The van der Waals surface area contributed by atoms with E-state index in [2.05, 4.69) is 24.3 Å². The van der Waals surface area contributed by atoms with E-state index in [9.17, 15) is 0 Å². The summed E-state index contributed by atoms with van der Waals surface area (Å²) in [6, 6.07) is 0. The van der Waals surface area contributed by atoms with Gasteiger partial charge in [0.25, 0.3) is 0 Å². The molecule has 0 unspecified atom stereocenters. The van der Waals surface area contributed by atoms with Crippen LogP contribution in [0.25, 0.3) is 0 Å². The molecule has 0 radical (unpaired) electrons. The molecule has 12 heavy (non-hydrogen) atoms. The van der Waals surface area contributed by atoms with Crippen molar-refractivity contribution in [2.45, 2.75) is 12.8 Å². The Morgan fingerprint density at radius 1 is 0.833 bits per heavy atom. The quantitative estimate of drug-likeness (QED) is 0.535. The van der Waals surface area contributed by atoms with Crippen LogP contribution in [0.2, 0.25) is 0 Å². The summed E-state index contributed by atoms with van der Waals surface area (Å²) < 4.78 is 0. The van der Waals surface area contributed by atoms with Gasteiger partial charge in [0.15, 0.2) is 0 Å². The SMILES string of the molecule is [C-]1=CC=CC1.[C-]1=CC=CC1.[Cl-].[Sm]. The third kappa shape index (κ3) is 8.68. The van der Waals surface area contributed by atoms with Crippen LogP contribution in [0.1, 0.15) is 12.8 Å². The monoisotopic (exact) mass is 317 g/mol. The predicted octanol–water partition coefficient (Wildman–Crippen LogP) is -0.385. The average Bonchev–Trinajstić information content (AvgIpc) is 2.67. The molecule has 0 heterocycles. The molecule has 0 nitrogen and oxygen atoms in total. The molecule has 0 amide bonds. The third-order valence-electron chi connectivity index (χ3n) is 1.17. The predicted molar refractivity (Wildman–Crippen MR) is 43.1 cm³/mol. The van der Waals surface area contributed by atoms with Crippen LogP contribution < -0.4 is 12.4 Å². The summed E-state index contributed by atoms with van der Waals surface area (Å²) in [5.74, 6) is 0. The van der Waals surface area contributed by atoms with Crippen LogP contribution in [-0.4, -0.2) is 0 Å². The molecule has 0 aromatic heterocycles. The summed E-state index contributed by atoms with van der Waals surface area (Å²) >= 11 is 0. The average molecular weight is 316 g/mol. The number of halogens is 1. The molecule has 0 spiro atoms. The maximum atomic E-state index is 2.99. The molecule has 0 bridgehead atoms. The second kappa shape index (κ2) is 11.6. The van der Waals surface area contributed by atoms with Crippen molar-refractivity contribution in [1.82, 2.24) is 0 Å². The Labute approximate surface area is 113 Å². The van der Waals surface area contributed by atoms with Gasteiger partial charge in [-0.05, 0) is 0 Å². The zero-order valence-electron chi connectivity index (χ0n) is 6.66. The van der Waals surface area contributed by atoms with Gasteiger partial charge in [-0.3, -0.25) is 12.2 Å². The van der Waals surface area contributed by atoms with Crippen molar-refractivity contribution in [2.24, 2.45) is 0 Å². The van der Waals surface area contributed by atoms with Crippen molar-refractivity contribution in [3.05, 3.63) is 48.6 Å². The van der Waals surface area contributed by atoms with E-state index in [0.29, 0.717) is 0 Å². The first-order valence-corrected chi connectivity index (χ1v) is 3.43. The number of allylic oxidation sites excluding steroid dienone is 8. The van der Waals surface area contributed by atoms with E-state index >= 15 is 0 Å². The summed E-state index contributed by atoms with van der Waals surface area (Å²) in [6.45, 7) is 0. The number of rotatable bonds is 0. The Morgan fingerprint density at radius 2 is 1.25 bits per heavy atom. The van der Waals surface area contributed by atoms with Crippen molar-refractivity contribution < 1.29 is 52.8 Å². The molecule has 0 aromatic carbocycles. The number of hydrogen-bond acceptors (Lipinski definition) is 0. The molecule has 0 aliphatic heterocycles. The second-order valence-electron chi connectivity index (χ2n) is 2.01. The van der Waals surface area contributed by atoms with Gasteiger partial charge in [-0.2, -0.15) is 12.2 Å². The van der Waals surface area contributed by atoms with Crippen LogP contribution in [0.3, 0.4) is 0 Å². The molecule has 0 saturated carbocycles. The molecule has 2 heteroatoms. The van der Waals surface area contributed by atoms with Gasteiger partial charge in [-0.15, -0.1) is 12.8 Å². The van der Waals surface area contributed by atoms with Gasteiger partial charge in [0, 0.05) is 40.4 Å². The molecule has 0 N–H and O–H groups in total. The molecule has 66 valence electrons. The minimum Gasteiger partial charge on any atom is -1.00 e. The van der Waals surface area contributed by atoms with E-state index in [-0.39, 0.29) is 52.8 Å². The Bertz CT molecular complexity index is 148. The van der Waals surface area contributed by atoms with Gasteiger partial charge >= 0.3 is 0 Å². The first-order chi connectivity index (χ1) is 5.00. The summed E-state index contributed by atoms with van der Waals surface area (Å²) in [6.07, 6.45) is 20.0. The fourth-order valence-electron chi connectivity index (χ4n) is 0.680. The number of hydrogen-bond donors (Lipinski definition) is 0. The largest absolute Gasteiger partial charge is 1.00 e. The molecule has 0 aromatic rings. The Balaban J connectivity index is 0. The normalized spacial score (nSPS) is 14.7. The zero-order valence-corrected chi connectivity index (χ0v) is 10.0. The zero-order chi connectivity index (χ0) is 7.07. The van der Waals surface area contributed by atoms with E-state index in [4.69, 9.17) is 0 Å². The van der Waals surface area contributed by atoms with Crippen LogP contribution in [0, 0.1) is 52.5 Å². The Kier molecular flexibility index (Phi) is 14.6. The van der Waals surface area contributed by atoms with Gasteiger partial charge in [0.05, 0.1) is 0 Å². The van der Waals surface area contributed by atoms with Crippen LogP contribution in [0.5, 0.6) is 0 Å². The van der Waals surface area contributed by atoms with E-state index in [1.165, 1.54) is 0 Å². The first kappa shape index (κ1) is 15.1. The van der Waals surface area contributed by atoms with Crippen molar-refractivity contribution >= 4 is 0 Å². The molecular weight excluding hydrogens is 306 g/mol. The van der Waals surface area contributed by atoms with E-state index in [1.54, 1.807) is 0 Å². The minimum absolute atomic E-state index is 0. The third-order valence-corrected chi connectivity index (χ3v) is 1.17. The maximum Gasteiger partial charge on any atom is 0 e. The molecule has 2 aliphatic rings. The van der Waals surface area contributed by atoms with Gasteiger partial charge < -0.3 is 12.4 Å². The molecule has 0 fully saturated rings.